The Balaban J connectivity index is 1.66. The summed E-state index contributed by atoms with van der Waals surface area (Å²) in [6, 6.07) is 12.6. The Kier molecular flexibility index (Phi) is 3.76. The summed E-state index contributed by atoms with van der Waals surface area (Å²) in [5.74, 6) is 0.250. The number of H-pyrrole nitrogens is 2. The van der Waals surface area contributed by atoms with E-state index < -0.39 is 0 Å². The normalized spacial score (nSPS) is 15.7. The summed E-state index contributed by atoms with van der Waals surface area (Å²) in [4.78, 5) is 24.1. The molecule has 1 aliphatic rings. The van der Waals surface area contributed by atoms with Gasteiger partial charge in [-0.2, -0.15) is 0 Å². The first kappa shape index (κ1) is 17.0. The highest BCUT2D eigenvalue weighted by molar-refractivity contribution is 6.02. The van der Waals surface area contributed by atoms with Crippen molar-refractivity contribution in [2.24, 2.45) is 5.41 Å². The van der Waals surface area contributed by atoms with Crippen molar-refractivity contribution >= 4 is 16.7 Å². The van der Waals surface area contributed by atoms with E-state index in [1.807, 2.05) is 18.3 Å². The van der Waals surface area contributed by atoms with Crippen LogP contribution in [0.1, 0.15) is 47.4 Å². The van der Waals surface area contributed by atoms with Gasteiger partial charge in [0.05, 0.1) is 5.69 Å². The third kappa shape index (κ3) is 2.85. The molecule has 0 atom stereocenters. The van der Waals surface area contributed by atoms with Crippen molar-refractivity contribution < 1.29 is 4.79 Å². The second kappa shape index (κ2) is 6.20. The lowest BCUT2D eigenvalue weighted by molar-refractivity contribution is 0.0911. The zero-order chi connectivity index (χ0) is 19.3. The molecule has 28 heavy (non-hydrogen) atoms. The zero-order valence-electron chi connectivity index (χ0n) is 16.2. The first-order valence-electron chi connectivity index (χ1n) is 9.73. The van der Waals surface area contributed by atoms with E-state index in [0.29, 0.717) is 6.42 Å². The molecule has 3 aromatic heterocycles. The molecule has 0 fully saturated rings. The van der Waals surface area contributed by atoms with Gasteiger partial charge in [0.25, 0.3) is 0 Å². The second-order valence-corrected chi connectivity index (χ2v) is 8.58. The minimum Gasteiger partial charge on any atom is -0.361 e. The van der Waals surface area contributed by atoms with Crippen molar-refractivity contribution in [3.8, 4) is 11.3 Å². The number of ketones is 1. The first-order chi connectivity index (χ1) is 13.5. The standard InChI is InChI=1S/C24H23N3O/c1-24(2)13-20-22(21(28)14-24)18(23(27-20)16-5-8-25-9-6-16)12-15-3-4-19-17(11-15)7-10-26-19/h3-11,26-27H,12-14H2,1-2H3. The minimum absolute atomic E-state index is 0.00818. The fraction of sp³-hybridized carbons (Fsp3) is 0.250. The maximum atomic E-state index is 13.1. The van der Waals surface area contributed by atoms with E-state index in [4.69, 9.17) is 0 Å². The number of hydrogen-bond acceptors (Lipinski definition) is 2. The smallest absolute Gasteiger partial charge is 0.165 e. The van der Waals surface area contributed by atoms with Crippen LogP contribution >= 0.6 is 0 Å². The molecule has 1 aromatic carbocycles. The van der Waals surface area contributed by atoms with Crippen LogP contribution < -0.4 is 0 Å². The maximum Gasteiger partial charge on any atom is 0.165 e. The van der Waals surface area contributed by atoms with Crippen LogP contribution in [-0.4, -0.2) is 20.7 Å². The van der Waals surface area contributed by atoms with Crippen LogP contribution in [0.25, 0.3) is 22.2 Å². The van der Waals surface area contributed by atoms with Crippen LogP contribution in [-0.2, 0) is 12.8 Å². The van der Waals surface area contributed by atoms with Crippen molar-refractivity contribution in [2.45, 2.75) is 33.1 Å². The fourth-order valence-corrected chi connectivity index (χ4v) is 4.49. The Hall–Kier alpha value is -3.14. The van der Waals surface area contributed by atoms with E-state index in [9.17, 15) is 4.79 Å². The summed E-state index contributed by atoms with van der Waals surface area (Å²) >= 11 is 0. The Morgan fingerprint density at radius 2 is 1.89 bits per heavy atom. The van der Waals surface area contributed by atoms with E-state index in [0.717, 1.165) is 46.4 Å². The first-order valence-corrected chi connectivity index (χ1v) is 9.73. The number of hydrogen-bond donors (Lipinski definition) is 2. The largest absolute Gasteiger partial charge is 0.361 e. The molecular weight excluding hydrogens is 346 g/mol. The summed E-state index contributed by atoms with van der Waals surface area (Å²) in [6.07, 6.45) is 7.78. The van der Waals surface area contributed by atoms with Gasteiger partial charge in [-0.05, 0) is 58.7 Å². The molecule has 4 nitrogen and oxygen atoms in total. The molecule has 140 valence electrons. The molecule has 0 amide bonds. The number of aromatic amines is 2. The molecule has 5 rings (SSSR count). The number of aromatic nitrogens is 3. The second-order valence-electron chi connectivity index (χ2n) is 8.58. The monoisotopic (exact) mass is 369 g/mol. The number of Topliss-reactive ketones (excluding diaryl/α,β-unsaturated/α-hetero) is 1. The van der Waals surface area contributed by atoms with Crippen LogP contribution in [0.3, 0.4) is 0 Å². The Labute approximate surface area is 164 Å². The molecular formula is C24H23N3O. The van der Waals surface area contributed by atoms with E-state index in [1.165, 1.54) is 10.9 Å². The van der Waals surface area contributed by atoms with Gasteiger partial charge in [0, 0.05) is 53.8 Å². The average Bonchev–Trinajstić information content (AvgIpc) is 3.26. The molecule has 0 saturated carbocycles. The number of rotatable bonds is 3. The SMILES string of the molecule is CC1(C)CC(=O)c2c([nH]c(-c3ccncc3)c2Cc2ccc3[nH]ccc3c2)C1. The van der Waals surface area contributed by atoms with Gasteiger partial charge in [-0.25, -0.2) is 0 Å². The van der Waals surface area contributed by atoms with Crippen molar-refractivity contribution in [3.05, 3.63) is 77.4 Å². The third-order valence-corrected chi connectivity index (χ3v) is 5.72. The van der Waals surface area contributed by atoms with E-state index in [1.54, 1.807) is 12.4 Å². The minimum atomic E-state index is -0.00818. The molecule has 0 unspecified atom stereocenters. The Morgan fingerprint density at radius 3 is 2.71 bits per heavy atom. The van der Waals surface area contributed by atoms with Gasteiger partial charge in [-0.3, -0.25) is 9.78 Å². The summed E-state index contributed by atoms with van der Waals surface area (Å²) in [7, 11) is 0. The van der Waals surface area contributed by atoms with E-state index in [2.05, 4.69) is 53.1 Å². The summed E-state index contributed by atoms with van der Waals surface area (Å²) < 4.78 is 0. The van der Waals surface area contributed by atoms with Gasteiger partial charge in [0.15, 0.2) is 5.78 Å². The molecule has 2 N–H and O–H groups in total. The van der Waals surface area contributed by atoms with Gasteiger partial charge >= 0.3 is 0 Å². The molecule has 0 spiro atoms. The quantitative estimate of drug-likeness (QED) is 0.514. The lowest BCUT2D eigenvalue weighted by atomic mass is 9.75. The summed E-state index contributed by atoms with van der Waals surface area (Å²) in [6.45, 7) is 4.33. The van der Waals surface area contributed by atoms with Gasteiger partial charge < -0.3 is 9.97 Å². The topological polar surface area (TPSA) is 61.5 Å². The van der Waals surface area contributed by atoms with Crippen LogP contribution in [0.2, 0.25) is 0 Å². The lowest BCUT2D eigenvalue weighted by Gasteiger charge is -2.28. The highest BCUT2D eigenvalue weighted by atomic mass is 16.1. The average molecular weight is 369 g/mol. The molecule has 4 aromatic rings. The van der Waals surface area contributed by atoms with Crippen molar-refractivity contribution in [2.75, 3.05) is 0 Å². The van der Waals surface area contributed by atoms with Gasteiger partial charge in [-0.15, -0.1) is 0 Å². The van der Waals surface area contributed by atoms with Crippen molar-refractivity contribution in [1.29, 1.82) is 0 Å². The van der Waals surface area contributed by atoms with Gasteiger partial charge in [-0.1, -0.05) is 19.9 Å². The van der Waals surface area contributed by atoms with E-state index in [-0.39, 0.29) is 11.2 Å². The molecule has 3 heterocycles. The highest BCUT2D eigenvalue weighted by Gasteiger charge is 2.35. The van der Waals surface area contributed by atoms with Gasteiger partial charge in [0.1, 0.15) is 0 Å². The van der Waals surface area contributed by atoms with Crippen molar-refractivity contribution in [3.63, 3.8) is 0 Å². The molecule has 4 heteroatoms. The molecule has 0 radical (unpaired) electrons. The predicted octanol–water partition coefficient (Wildman–Crippen LogP) is 5.30. The number of pyridine rings is 1. The summed E-state index contributed by atoms with van der Waals surface area (Å²) in [5, 5.41) is 1.19. The number of nitrogens with one attached hydrogen (secondary N) is 2. The van der Waals surface area contributed by atoms with Crippen LogP contribution in [0, 0.1) is 5.41 Å². The van der Waals surface area contributed by atoms with E-state index >= 15 is 0 Å². The van der Waals surface area contributed by atoms with Crippen LogP contribution in [0.4, 0.5) is 0 Å². The Bertz CT molecular complexity index is 1180. The number of fused-ring (bicyclic) bond motifs is 2. The highest BCUT2D eigenvalue weighted by Crippen LogP contribution is 2.40. The molecule has 1 aliphatic carbocycles. The number of nitrogens with zero attached hydrogens (tertiary/aromatic N) is 1. The molecule has 0 aliphatic heterocycles. The number of benzene rings is 1. The lowest BCUT2D eigenvalue weighted by Crippen LogP contribution is -2.27. The molecule has 0 saturated heterocycles. The Morgan fingerprint density at radius 1 is 1.07 bits per heavy atom. The van der Waals surface area contributed by atoms with Crippen molar-refractivity contribution in [1.82, 2.24) is 15.0 Å². The third-order valence-electron chi connectivity index (χ3n) is 5.72. The fourth-order valence-electron chi connectivity index (χ4n) is 4.49. The summed E-state index contributed by atoms with van der Waals surface area (Å²) in [5.41, 5.74) is 7.54. The van der Waals surface area contributed by atoms with Gasteiger partial charge in [0.2, 0.25) is 0 Å². The number of carbonyl (C=O) groups excluding carboxylic acids is 1. The maximum absolute atomic E-state index is 13.1. The zero-order valence-corrected chi connectivity index (χ0v) is 16.2. The molecule has 0 bridgehead atoms. The number of carbonyl (C=O) groups is 1. The predicted molar refractivity (Wildman–Crippen MR) is 112 cm³/mol. The van der Waals surface area contributed by atoms with Crippen LogP contribution in [0.15, 0.2) is 55.0 Å². The van der Waals surface area contributed by atoms with Crippen LogP contribution in [0.5, 0.6) is 0 Å².